The predicted octanol–water partition coefficient (Wildman–Crippen LogP) is 8.08. The topological polar surface area (TPSA) is 35.9 Å². The van der Waals surface area contributed by atoms with Crippen LogP contribution in [0.4, 0.5) is 5.69 Å². The molecule has 4 aromatic rings. The average Bonchev–Trinajstić information content (AvgIpc) is 3.22. The third kappa shape index (κ3) is 3.52. The van der Waals surface area contributed by atoms with E-state index in [0.29, 0.717) is 0 Å². The fourth-order valence-electron chi connectivity index (χ4n) is 5.60. The smallest absolute Gasteiger partial charge is 0.0714 e. The van der Waals surface area contributed by atoms with E-state index >= 15 is 0 Å². The lowest BCUT2D eigenvalue weighted by molar-refractivity contribution is 0.402. The van der Waals surface area contributed by atoms with Crippen molar-refractivity contribution >= 4 is 11.9 Å². The van der Waals surface area contributed by atoms with Crippen molar-refractivity contribution in [1.29, 1.82) is 5.41 Å². The van der Waals surface area contributed by atoms with E-state index in [1.807, 2.05) is 6.08 Å². The second-order valence-electron chi connectivity index (χ2n) is 9.64. The van der Waals surface area contributed by atoms with Crippen LogP contribution in [0.2, 0.25) is 0 Å². The quantitative estimate of drug-likeness (QED) is 0.180. The van der Waals surface area contributed by atoms with Crippen molar-refractivity contribution in [1.82, 2.24) is 0 Å². The Bertz CT molecular complexity index is 1320. The van der Waals surface area contributed by atoms with Crippen LogP contribution in [0.5, 0.6) is 0 Å². The summed E-state index contributed by atoms with van der Waals surface area (Å²) in [6.45, 7) is 8.36. The number of fused-ring (bicyclic) bond motifs is 3. The van der Waals surface area contributed by atoms with Crippen molar-refractivity contribution in [3.8, 4) is 11.1 Å². The van der Waals surface area contributed by atoms with Gasteiger partial charge in [0.05, 0.1) is 11.5 Å². The molecule has 0 amide bonds. The van der Waals surface area contributed by atoms with Crippen molar-refractivity contribution in [3.05, 3.63) is 138 Å². The zero-order valence-electron chi connectivity index (χ0n) is 20.5. The molecule has 5 rings (SSSR count). The Morgan fingerprint density at radius 2 is 1.40 bits per heavy atom. The lowest BCUT2D eigenvalue weighted by Gasteiger charge is -2.35. The van der Waals surface area contributed by atoms with E-state index in [2.05, 4.69) is 129 Å². The summed E-state index contributed by atoms with van der Waals surface area (Å²) >= 11 is 0. The van der Waals surface area contributed by atoms with E-state index in [0.717, 1.165) is 12.1 Å². The molecule has 1 unspecified atom stereocenters. The van der Waals surface area contributed by atoms with Gasteiger partial charge in [-0.1, -0.05) is 111 Å². The summed E-state index contributed by atoms with van der Waals surface area (Å²) < 4.78 is 0. The molecule has 2 heteroatoms. The zero-order chi connectivity index (χ0) is 24.5. The molecule has 0 saturated heterocycles. The Morgan fingerprint density at radius 3 is 1.97 bits per heavy atom. The molecule has 1 aliphatic carbocycles. The first kappa shape index (κ1) is 22.9. The maximum atomic E-state index is 8.14. The Balaban J connectivity index is 1.77. The van der Waals surface area contributed by atoms with Crippen LogP contribution in [-0.4, -0.2) is 12.3 Å². The molecule has 1 aliphatic rings. The number of rotatable bonds is 8. The van der Waals surface area contributed by atoms with Crippen LogP contribution in [0.15, 0.2) is 116 Å². The molecule has 2 nitrogen and oxygen atoms in total. The summed E-state index contributed by atoms with van der Waals surface area (Å²) in [4.78, 5) is 0. The number of benzene rings is 4. The molecule has 0 aliphatic heterocycles. The summed E-state index contributed by atoms with van der Waals surface area (Å²) in [6, 6.07) is 37.0. The minimum atomic E-state index is -0.418. The first-order valence-corrected chi connectivity index (χ1v) is 12.3. The van der Waals surface area contributed by atoms with Crippen molar-refractivity contribution in [2.75, 3.05) is 5.32 Å². The fourth-order valence-corrected chi connectivity index (χ4v) is 5.60. The van der Waals surface area contributed by atoms with Gasteiger partial charge in [0.1, 0.15) is 0 Å². The van der Waals surface area contributed by atoms with Gasteiger partial charge in [-0.2, -0.15) is 0 Å². The molecular weight excluding hydrogens is 424 g/mol. The van der Waals surface area contributed by atoms with Crippen LogP contribution < -0.4 is 5.32 Å². The number of anilines is 1. The van der Waals surface area contributed by atoms with Gasteiger partial charge in [0, 0.05) is 17.3 Å². The Morgan fingerprint density at radius 1 is 0.829 bits per heavy atom. The van der Waals surface area contributed by atoms with Crippen LogP contribution in [0.1, 0.15) is 42.5 Å². The first-order chi connectivity index (χ1) is 17.1. The molecule has 174 valence electrons. The van der Waals surface area contributed by atoms with Gasteiger partial charge in [0.2, 0.25) is 0 Å². The summed E-state index contributed by atoms with van der Waals surface area (Å²) in [5.41, 5.74) is 7.99. The SMILES string of the molecule is C=C[C@@](C)(CC)C(C=N)Nc1ccc2c(c1)C(c1ccccc1)(c1ccccc1)c1ccccc1-2. The van der Waals surface area contributed by atoms with Crippen LogP contribution in [-0.2, 0) is 5.41 Å². The maximum absolute atomic E-state index is 8.14. The molecule has 0 saturated carbocycles. The van der Waals surface area contributed by atoms with E-state index < -0.39 is 5.41 Å². The van der Waals surface area contributed by atoms with Gasteiger partial charge in [-0.3, -0.25) is 0 Å². The van der Waals surface area contributed by atoms with Crippen molar-refractivity contribution < 1.29 is 0 Å². The van der Waals surface area contributed by atoms with Crippen LogP contribution in [0.25, 0.3) is 11.1 Å². The first-order valence-electron chi connectivity index (χ1n) is 12.3. The normalized spacial score (nSPS) is 15.8. The van der Waals surface area contributed by atoms with Gasteiger partial charge in [0.15, 0.2) is 0 Å². The van der Waals surface area contributed by atoms with E-state index in [1.165, 1.54) is 39.6 Å². The van der Waals surface area contributed by atoms with Crippen molar-refractivity contribution in [2.24, 2.45) is 5.41 Å². The second-order valence-corrected chi connectivity index (χ2v) is 9.64. The van der Waals surface area contributed by atoms with Crippen molar-refractivity contribution in [3.63, 3.8) is 0 Å². The highest BCUT2D eigenvalue weighted by molar-refractivity contribution is 5.87. The van der Waals surface area contributed by atoms with Gasteiger partial charge in [-0.05, 0) is 51.9 Å². The summed E-state index contributed by atoms with van der Waals surface area (Å²) in [5.74, 6) is 0. The van der Waals surface area contributed by atoms with Gasteiger partial charge in [-0.15, -0.1) is 6.58 Å². The fraction of sp³-hybridized carbons (Fsp3) is 0.182. The van der Waals surface area contributed by atoms with Crippen LogP contribution in [0.3, 0.4) is 0 Å². The number of hydrogen-bond acceptors (Lipinski definition) is 2. The van der Waals surface area contributed by atoms with Gasteiger partial charge in [-0.25, -0.2) is 0 Å². The standard InChI is InChI=1S/C33H32N2/c1-4-32(3,5-2)31(23-34)35-26-20-21-28-27-18-12-13-19-29(27)33(30(28)22-26,24-14-8-6-9-15-24)25-16-10-7-11-17-25/h4,6-23,31,34-35H,1,5H2,2-3H3/t31?,32-/m0/s1. The monoisotopic (exact) mass is 456 g/mol. The van der Waals surface area contributed by atoms with E-state index in [1.54, 1.807) is 0 Å². The van der Waals surface area contributed by atoms with Crippen LogP contribution in [0, 0.1) is 10.8 Å². The molecule has 0 radical (unpaired) electrons. The third-order valence-electron chi connectivity index (χ3n) is 7.89. The van der Waals surface area contributed by atoms with Crippen molar-refractivity contribution in [2.45, 2.75) is 31.7 Å². The molecule has 2 N–H and O–H groups in total. The number of hydrogen-bond donors (Lipinski definition) is 2. The molecule has 4 aromatic carbocycles. The van der Waals surface area contributed by atoms with E-state index in [9.17, 15) is 0 Å². The number of nitrogens with one attached hydrogen (secondary N) is 2. The molecule has 35 heavy (non-hydrogen) atoms. The lowest BCUT2D eigenvalue weighted by Crippen LogP contribution is -2.38. The zero-order valence-corrected chi connectivity index (χ0v) is 20.5. The molecule has 0 aromatic heterocycles. The van der Waals surface area contributed by atoms with Crippen LogP contribution >= 0.6 is 0 Å². The Labute approximate surface area is 208 Å². The summed E-state index contributed by atoms with van der Waals surface area (Å²) in [7, 11) is 0. The lowest BCUT2D eigenvalue weighted by atomic mass is 9.67. The molecule has 0 bridgehead atoms. The average molecular weight is 457 g/mol. The highest BCUT2D eigenvalue weighted by Crippen LogP contribution is 2.56. The highest BCUT2D eigenvalue weighted by atomic mass is 14.9. The highest BCUT2D eigenvalue weighted by Gasteiger charge is 2.46. The maximum Gasteiger partial charge on any atom is 0.0714 e. The van der Waals surface area contributed by atoms with Gasteiger partial charge < -0.3 is 10.7 Å². The van der Waals surface area contributed by atoms with Gasteiger partial charge >= 0.3 is 0 Å². The molecule has 2 atom stereocenters. The Hall–Kier alpha value is -3.91. The van der Waals surface area contributed by atoms with E-state index in [4.69, 9.17) is 5.41 Å². The molecular formula is C33H32N2. The summed E-state index contributed by atoms with van der Waals surface area (Å²) in [5, 5.41) is 11.8. The minimum Gasteiger partial charge on any atom is -0.376 e. The van der Waals surface area contributed by atoms with Gasteiger partial charge in [0.25, 0.3) is 0 Å². The molecule has 0 spiro atoms. The molecule has 0 heterocycles. The summed E-state index contributed by atoms with van der Waals surface area (Å²) in [6.07, 6.45) is 4.38. The molecule has 0 fully saturated rings. The largest absolute Gasteiger partial charge is 0.376 e. The predicted molar refractivity (Wildman–Crippen MR) is 149 cm³/mol. The van der Waals surface area contributed by atoms with E-state index in [-0.39, 0.29) is 11.5 Å². The Kier molecular flexibility index (Phi) is 5.90. The third-order valence-corrected chi connectivity index (χ3v) is 7.89. The second kappa shape index (κ2) is 9.03. The minimum absolute atomic E-state index is 0.144.